The van der Waals surface area contributed by atoms with Crippen LogP contribution >= 0.6 is 0 Å². The highest BCUT2D eigenvalue weighted by atomic mass is 16.5. The summed E-state index contributed by atoms with van der Waals surface area (Å²) in [4.78, 5) is 19.3. The highest BCUT2D eigenvalue weighted by Crippen LogP contribution is 2.40. The molecule has 2 aromatic rings. The topological polar surface area (TPSA) is 54.5 Å². The predicted octanol–water partition coefficient (Wildman–Crippen LogP) is 2.66. The molecule has 0 spiro atoms. The van der Waals surface area contributed by atoms with Gasteiger partial charge in [-0.25, -0.2) is 0 Å². The van der Waals surface area contributed by atoms with Crippen LogP contribution in [0.3, 0.4) is 0 Å². The molecule has 0 N–H and O–H groups in total. The van der Waals surface area contributed by atoms with Gasteiger partial charge in [-0.15, -0.1) is 0 Å². The van der Waals surface area contributed by atoms with Crippen LogP contribution in [0.1, 0.15) is 17.2 Å². The minimum atomic E-state index is -0.256. The van der Waals surface area contributed by atoms with Gasteiger partial charge >= 0.3 is 0 Å². The fourth-order valence-corrected chi connectivity index (χ4v) is 4.10. The minimum absolute atomic E-state index is 0.112. The summed E-state index contributed by atoms with van der Waals surface area (Å²) in [6, 6.07) is 13.7. The Morgan fingerprint density at radius 1 is 0.903 bits per heavy atom. The fourth-order valence-electron chi connectivity index (χ4n) is 4.10. The molecule has 1 aliphatic rings. The average molecular weight is 428 g/mol. The third-order valence-corrected chi connectivity index (χ3v) is 5.74. The van der Waals surface area contributed by atoms with Gasteiger partial charge in [-0.3, -0.25) is 14.6 Å². The summed E-state index contributed by atoms with van der Waals surface area (Å²) in [7, 11) is 8.52. The maximum Gasteiger partial charge on any atom is 0.244 e. The number of likely N-dealkylation sites (N-methyl/N-ethyl adjacent to an activating group) is 1. The van der Waals surface area contributed by atoms with Gasteiger partial charge in [0.25, 0.3) is 0 Å². The van der Waals surface area contributed by atoms with Crippen molar-refractivity contribution in [2.75, 3.05) is 61.6 Å². The third kappa shape index (κ3) is 5.11. The number of methoxy groups -OCH3 is 3. The first-order valence-electron chi connectivity index (χ1n) is 10.5. The maximum atomic E-state index is 13.0. The van der Waals surface area contributed by atoms with Gasteiger partial charge in [-0.2, -0.15) is 0 Å². The van der Waals surface area contributed by atoms with Gasteiger partial charge in [0.15, 0.2) is 11.5 Å². The smallest absolute Gasteiger partial charge is 0.244 e. The Balaban J connectivity index is 1.72. The van der Waals surface area contributed by atoms with Gasteiger partial charge in [-0.05, 0) is 11.6 Å². The van der Waals surface area contributed by atoms with E-state index in [2.05, 4.69) is 9.80 Å². The molecule has 0 aliphatic carbocycles. The van der Waals surface area contributed by atoms with Gasteiger partial charge in [0.2, 0.25) is 11.7 Å². The fraction of sp³-hybridized carbons (Fsp3) is 0.458. The predicted molar refractivity (Wildman–Crippen MR) is 121 cm³/mol. The molecule has 2 aromatic carbocycles. The molecule has 7 heteroatoms. The van der Waals surface area contributed by atoms with Crippen molar-refractivity contribution in [1.82, 2.24) is 14.7 Å². The van der Waals surface area contributed by atoms with E-state index < -0.39 is 0 Å². The summed E-state index contributed by atoms with van der Waals surface area (Å²) in [6.07, 6.45) is 0. The number of amides is 1. The Morgan fingerprint density at radius 2 is 1.55 bits per heavy atom. The van der Waals surface area contributed by atoms with Crippen LogP contribution in [0.15, 0.2) is 42.5 Å². The summed E-state index contributed by atoms with van der Waals surface area (Å²) in [5, 5.41) is 0. The molecule has 1 aliphatic heterocycles. The van der Waals surface area contributed by atoms with E-state index >= 15 is 0 Å². The van der Waals surface area contributed by atoms with Crippen LogP contribution in [0.5, 0.6) is 17.2 Å². The molecule has 1 fully saturated rings. The van der Waals surface area contributed by atoms with Crippen molar-refractivity contribution in [3.8, 4) is 17.2 Å². The van der Waals surface area contributed by atoms with Crippen molar-refractivity contribution in [2.45, 2.75) is 12.6 Å². The number of carbonyl (C=O) groups excluding carboxylic acids is 1. The van der Waals surface area contributed by atoms with E-state index in [1.807, 2.05) is 56.6 Å². The minimum Gasteiger partial charge on any atom is -0.493 e. The van der Waals surface area contributed by atoms with E-state index in [1.54, 1.807) is 26.2 Å². The lowest BCUT2D eigenvalue weighted by Crippen LogP contribution is -2.50. The molecule has 0 radical (unpaired) electrons. The van der Waals surface area contributed by atoms with Gasteiger partial charge in [0.1, 0.15) is 6.04 Å². The molecule has 1 atom stereocenters. The second kappa shape index (κ2) is 10.5. The van der Waals surface area contributed by atoms with E-state index in [4.69, 9.17) is 14.2 Å². The molecule has 0 aromatic heterocycles. The van der Waals surface area contributed by atoms with Crippen molar-refractivity contribution in [2.24, 2.45) is 0 Å². The number of nitrogens with zero attached hydrogens (tertiary/aromatic N) is 3. The van der Waals surface area contributed by atoms with Gasteiger partial charge < -0.3 is 19.1 Å². The van der Waals surface area contributed by atoms with Crippen LogP contribution < -0.4 is 14.2 Å². The Bertz CT molecular complexity index is 865. The number of hydrogen-bond acceptors (Lipinski definition) is 6. The van der Waals surface area contributed by atoms with Crippen LogP contribution in [-0.2, 0) is 11.3 Å². The van der Waals surface area contributed by atoms with Crippen molar-refractivity contribution < 1.29 is 19.0 Å². The lowest BCUT2D eigenvalue weighted by molar-refractivity contribution is -0.135. The quantitative estimate of drug-likeness (QED) is 0.646. The second-order valence-corrected chi connectivity index (χ2v) is 7.85. The highest BCUT2D eigenvalue weighted by Gasteiger charge is 2.31. The number of carbonyl (C=O) groups is 1. The second-order valence-electron chi connectivity index (χ2n) is 7.85. The van der Waals surface area contributed by atoms with Crippen LogP contribution in [0.2, 0.25) is 0 Å². The van der Waals surface area contributed by atoms with Gasteiger partial charge in [0, 0.05) is 52.4 Å². The van der Waals surface area contributed by atoms with Crippen LogP contribution in [0, 0.1) is 0 Å². The van der Waals surface area contributed by atoms with E-state index in [9.17, 15) is 4.79 Å². The Labute approximate surface area is 185 Å². The average Bonchev–Trinajstić information content (AvgIpc) is 2.80. The van der Waals surface area contributed by atoms with Crippen LogP contribution in [-0.4, -0.2) is 82.2 Å². The van der Waals surface area contributed by atoms with Gasteiger partial charge in [0.05, 0.1) is 21.3 Å². The summed E-state index contributed by atoms with van der Waals surface area (Å²) in [6.45, 7) is 4.10. The highest BCUT2D eigenvalue weighted by molar-refractivity contribution is 5.82. The van der Waals surface area contributed by atoms with Crippen molar-refractivity contribution in [1.29, 1.82) is 0 Å². The summed E-state index contributed by atoms with van der Waals surface area (Å²) >= 11 is 0. The molecular weight excluding hydrogens is 394 g/mol. The summed E-state index contributed by atoms with van der Waals surface area (Å²) in [5.74, 6) is 2.08. The van der Waals surface area contributed by atoms with Crippen LogP contribution in [0.25, 0.3) is 0 Å². The largest absolute Gasteiger partial charge is 0.493 e. The number of benzene rings is 2. The molecular formula is C24H33N3O4. The number of rotatable bonds is 8. The third-order valence-electron chi connectivity index (χ3n) is 5.74. The van der Waals surface area contributed by atoms with Crippen molar-refractivity contribution in [3.63, 3.8) is 0 Å². The molecule has 1 heterocycles. The van der Waals surface area contributed by atoms with E-state index in [1.165, 1.54) is 0 Å². The molecule has 1 saturated heterocycles. The molecule has 0 saturated carbocycles. The summed E-state index contributed by atoms with van der Waals surface area (Å²) in [5.41, 5.74) is 2.09. The molecule has 1 amide bonds. The number of piperazine rings is 1. The molecule has 3 rings (SSSR count). The standard InChI is InChI=1S/C24H33N3O4/c1-25(2)24(28)21(18-9-7-6-8-10-18)27-15-13-26(14-16-27)17-19-11-12-20(29-3)23(31-5)22(19)30-4/h6-12,21H,13-17H2,1-5H3/t21-/m0/s1. The van der Waals surface area contributed by atoms with Crippen LogP contribution in [0.4, 0.5) is 0 Å². The monoisotopic (exact) mass is 427 g/mol. The zero-order chi connectivity index (χ0) is 22.4. The van der Waals surface area contributed by atoms with Crippen molar-refractivity contribution in [3.05, 3.63) is 53.6 Å². The summed E-state index contributed by atoms with van der Waals surface area (Å²) < 4.78 is 16.5. The SMILES string of the molecule is COc1ccc(CN2CCN([C@H](C(=O)N(C)C)c3ccccc3)CC2)c(OC)c1OC. The molecule has 7 nitrogen and oxygen atoms in total. The molecule has 0 unspecified atom stereocenters. The Morgan fingerprint density at radius 3 is 2.10 bits per heavy atom. The zero-order valence-corrected chi connectivity index (χ0v) is 19.1. The lowest BCUT2D eigenvalue weighted by atomic mass is 10.0. The maximum absolute atomic E-state index is 13.0. The Hall–Kier alpha value is -2.77. The first kappa shape index (κ1) is 22.9. The first-order chi connectivity index (χ1) is 15.0. The normalized spacial score (nSPS) is 15.9. The molecule has 0 bridgehead atoms. The van der Waals surface area contributed by atoms with E-state index in [-0.39, 0.29) is 11.9 Å². The van der Waals surface area contributed by atoms with E-state index in [0.29, 0.717) is 17.2 Å². The number of ether oxygens (including phenoxy) is 3. The Kier molecular flexibility index (Phi) is 7.76. The number of hydrogen-bond donors (Lipinski definition) is 0. The van der Waals surface area contributed by atoms with Crippen molar-refractivity contribution >= 4 is 5.91 Å². The first-order valence-corrected chi connectivity index (χ1v) is 10.5. The molecule has 168 valence electrons. The van der Waals surface area contributed by atoms with E-state index in [0.717, 1.165) is 43.9 Å². The van der Waals surface area contributed by atoms with Gasteiger partial charge in [-0.1, -0.05) is 36.4 Å². The zero-order valence-electron chi connectivity index (χ0n) is 19.1. The lowest BCUT2D eigenvalue weighted by Gasteiger charge is -2.39. The molecule has 31 heavy (non-hydrogen) atoms.